The molecule has 4 aromatic rings. The predicted molar refractivity (Wildman–Crippen MR) is 113 cm³/mol. The first-order valence-corrected chi connectivity index (χ1v) is 10.1. The highest BCUT2D eigenvalue weighted by molar-refractivity contribution is 7.15. The molecule has 0 aliphatic rings. The number of nitrogens with zero attached hydrogens (tertiary/aromatic N) is 3. The van der Waals surface area contributed by atoms with Crippen molar-refractivity contribution in [1.82, 2.24) is 19.9 Å². The van der Waals surface area contributed by atoms with Crippen molar-refractivity contribution in [1.29, 1.82) is 0 Å². The standard InChI is InChI=1S/C20H16ClN5O2S/c21-14-8-6-13(7-9-14)17-24-20-26(25-17)16(12-29-20)10-11-22-18(27)19(28)23-15-4-2-1-3-5-15/h1-9,12H,10-11H2,(H,22,27)(H,23,28). The quantitative estimate of drug-likeness (QED) is 0.479. The number of amides is 2. The molecule has 0 atom stereocenters. The molecule has 0 aliphatic heterocycles. The molecule has 2 N–H and O–H groups in total. The van der Waals surface area contributed by atoms with E-state index in [1.54, 1.807) is 40.9 Å². The Labute approximate surface area is 175 Å². The fourth-order valence-electron chi connectivity index (χ4n) is 2.71. The van der Waals surface area contributed by atoms with E-state index in [0.29, 0.717) is 29.5 Å². The van der Waals surface area contributed by atoms with Crippen LogP contribution in [-0.4, -0.2) is 33.0 Å². The van der Waals surface area contributed by atoms with Crippen LogP contribution in [0.2, 0.25) is 5.02 Å². The topological polar surface area (TPSA) is 88.4 Å². The molecule has 0 spiro atoms. The van der Waals surface area contributed by atoms with Crippen molar-refractivity contribution in [3.8, 4) is 11.4 Å². The molecule has 7 nitrogen and oxygen atoms in total. The number of nitrogens with one attached hydrogen (secondary N) is 2. The van der Waals surface area contributed by atoms with Crippen LogP contribution in [0.3, 0.4) is 0 Å². The number of fused-ring (bicyclic) bond motifs is 1. The summed E-state index contributed by atoms with van der Waals surface area (Å²) in [4.78, 5) is 29.2. The summed E-state index contributed by atoms with van der Waals surface area (Å²) in [6.07, 6.45) is 0.522. The molecule has 0 aliphatic carbocycles. The molecule has 2 heterocycles. The number of carbonyl (C=O) groups excluding carboxylic acids is 2. The second-order valence-electron chi connectivity index (χ2n) is 6.19. The van der Waals surface area contributed by atoms with Crippen LogP contribution < -0.4 is 10.6 Å². The number of benzene rings is 2. The molecule has 2 amide bonds. The van der Waals surface area contributed by atoms with Crippen LogP contribution in [0.15, 0.2) is 60.0 Å². The molecule has 146 valence electrons. The maximum Gasteiger partial charge on any atom is 0.313 e. The molecule has 0 radical (unpaired) electrons. The predicted octanol–water partition coefficient (Wildman–Crippen LogP) is 3.41. The van der Waals surface area contributed by atoms with E-state index < -0.39 is 11.8 Å². The van der Waals surface area contributed by atoms with Gasteiger partial charge in [-0.3, -0.25) is 9.59 Å². The van der Waals surface area contributed by atoms with Crippen LogP contribution in [0, 0.1) is 0 Å². The number of halogens is 1. The van der Waals surface area contributed by atoms with Crippen LogP contribution >= 0.6 is 22.9 Å². The van der Waals surface area contributed by atoms with E-state index in [4.69, 9.17) is 11.6 Å². The first-order valence-electron chi connectivity index (χ1n) is 8.83. The maximum absolute atomic E-state index is 12.0. The Balaban J connectivity index is 1.36. The van der Waals surface area contributed by atoms with Gasteiger partial charge in [-0.15, -0.1) is 16.4 Å². The monoisotopic (exact) mass is 425 g/mol. The third kappa shape index (κ3) is 4.44. The number of aromatic nitrogens is 3. The lowest BCUT2D eigenvalue weighted by molar-refractivity contribution is -0.136. The van der Waals surface area contributed by atoms with Gasteiger partial charge >= 0.3 is 11.8 Å². The van der Waals surface area contributed by atoms with E-state index in [2.05, 4.69) is 20.7 Å². The lowest BCUT2D eigenvalue weighted by atomic mass is 10.2. The van der Waals surface area contributed by atoms with Crippen LogP contribution in [0.25, 0.3) is 16.3 Å². The van der Waals surface area contributed by atoms with Crippen molar-refractivity contribution in [3.05, 3.63) is 70.7 Å². The molecule has 2 aromatic heterocycles. The zero-order valence-corrected chi connectivity index (χ0v) is 16.7. The highest BCUT2D eigenvalue weighted by atomic mass is 35.5. The molecule has 2 aromatic carbocycles. The number of hydrogen-bond donors (Lipinski definition) is 2. The van der Waals surface area contributed by atoms with E-state index in [-0.39, 0.29) is 0 Å². The average Bonchev–Trinajstić information content (AvgIpc) is 3.31. The van der Waals surface area contributed by atoms with Crippen molar-refractivity contribution in [2.75, 3.05) is 11.9 Å². The molecule has 0 unspecified atom stereocenters. The molecule has 29 heavy (non-hydrogen) atoms. The van der Waals surface area contributed by atoms with Gasteiger partial charge in [0, 0.05) is 34.6 Å². The molecule has 9 heteroatoms. The lowest BCUT2D eigenvalue weighted by Gasteiger charge is -2.06. The van der Waals surface area contributed by atoms with Crippen molar-refractivity contribution in [3.63, 3.8) is 0 Å². The normalized spacial score (nSPS) is 10.8. The minimum atomic E-state index is -0.697. The Hall–Kier alpha value is -3.23. The van der Waals surface area contributed by atoms with Crippen LogP contribution in [0.4, 0.5) is 5.69 Å². The van der Waals surface area contributed by atoms with Gasteiger partial charge in [0.25, 0.3) is 0 Å². The van der Waals surface area contributed by atoms with Crippen molar-refractivity contribution in [2.24, 2.45) is 0 Å². The first kappa shape index (κ1) is 19.1. The minimum Gasteiger partial charge on any atom is -0.347 e. The van der Waals surface area contributed by atoms with Crippen molar-refractivity contribution in [2.45, 2.75) is 6.42 Å². The Bertz CT molecular complexity index is 1150. The smallest absolute Gasteiger partial charge is 0.313 e. The van der Waals surface area contributed by atoms with Gasteiger partial charge in [-0.05, 0) is 36.4 Å². The fourth-order valence-corrected chi connectivity index (χ4v) is 3.69. The Morgan fingerprint density at radius 1 is 1.03 bits per heavy atom. The Morgan fingerprint density at radius 3 is 2.55 bits per heavy atom. The molecular formula is C20H16ClN5O2S. The van der Waals surface area contributed by atoms with Crippen molar-refractivity contribution < 1.29 is 9.59 Å². The summed E-state index contributed by atoms with van der Waals surface area (Å²) in [5.41, 5.74) is 2.35. The van der Waals surface area contributed by atoms with Crippen LogP contribution in [-0.2, 0) is 16.0 Å². The first-order chi connectivity index (χ1) is 14.1. The van der Waals surface area contributed by atoms with Gasteiger partial charge in [-0.25, -0.2) is 4.52 Å². The summed E-state index contributed by atoms with van der Waals surface area (Å²) in [5.74, 6) is -0.765. The number of carbonyl (C=O) groups is 2. The highest BCUT2D eigenvalue weighted by Crippen LogP contribution is 2.22. The van der Waals surface area contributed by atoms with Gasteiger partial charge in [0.05, 0.1) is 5.69 Å². The number of para-hydroxylation sites is 1. The minimum absolute atomic E-state index is 0.309. The van der Waals surface area contributed by atoms with E-state index in [1.807, 2.05) is 23.6 Å². The zero-order valence-electron chi connectivity index (χ0n) is 15.1. The van der Waals surface area contributed by atoms with Gasteiger partial charge in [-0.1, -0.05) is 29.8 Å². The van der Waals surface area contributed by atoms with E-state index in [0.717, 1.165) is 16.2 Å². The van der Waals surface area contributed by atoms with Gasteiger partial charge in [0.15, 0.2) is 5.82 Å². The average molecular weight is 426 g/mol. The number of rotatable bonds is 5. The van der Waals surface area contributed by atoms with Crippen LogP contribution in [0.1, 0.15) is 5.69 Å². The van der Waals surface area contributed by atoms with E-state index >= 15 is 0 Å². The number of anilines is 1. The molecule has 0 saturated carbocycles. The maximum atomic E-state index is 12.0. The Morgan fingerprint density at radius 2 is 1.79 bits per heavy atom. The van der Waals surface area contributed by atoms with Crippen molar-refractivity contribution >= 4 is 45.4 Å². The third-order valence-electron chi connectivity index (χ3n) is 4.16. The summed E-state index contributed by atoms with van der Waals surface area (Å²) in [7, 11) is 0. The number of hydrogen-bond acceptors (Lipinski definition) is 5. The molecule has 4 rings (SSSR count). The van der Waals surface area contributed by atoms with Gasteiger partial charge in [0.2, 0.25) is 4.96 Å². The van der Waals surface area contributed by atoms with Gasteiger partial charge in [0.1, 0.15) is 0 Å². The summed E-state index contributed by atoms with van der Waals surface area (Å²) in [6.45, 7) is 0.309. The number of thiazole rings is 1. The summed E-state index contributed by atoms with van der Waals surface area (Å²) < 4.78 is 1.75. The lowest BCUT2D eigenvalue weighted by Crippen LogP contribution is -2.36. The van der Waals surface area contributed by atoms with E-state index in [1.165, 1.54) is 11.3 Å². The van der Waals surface area contributed by atoms with Gasteiger partial charge < -0.3 is 10.6 Å². The summed E-state index contributed by atoms with van der Waals surface area (Å²) in [6, 6.07) is 16.2. The Kier molecular flexibility index (Phi) is 5.55. The molecule has 0 fully saturated rings. The second kappa shape index (κ2) is 8.42. The molecular weight excluding hydrogens is 410 g/mol. The largest absolute Gasteiger partial charge is 0.347 e. The van der Waals surface area contributed by atoms with E-state index in [9.17, 15) is 9.59 Å². The SMILES string of the molecule is O=C(NCCc1csc2nc(-c3ccc(Cl)cc3)nn12)C(=O)Nc1ccccc1. The third-order valence-corrected chi connectivity index (χ3v) is 5.27. The molecule has 0 saturated heterocycles. The highest BCUT2D eigenvalue weighted by Gasteiger charge is 2.15. The summed E-state index contributed by atoms with van der Waals surface area (Å²) >= 11 is 7.40. The van der Waals surface area contributed by atoms with Crippen LogP contribution in [0.5, 0.6) is 0 Å². The zero-order chi connectivity index (χ0) is 20.2. The van der Waals surface area contributed by atoms with Gasteiger partial charge in [-0.2, -0.15) is 4.98 Å². The second-order valence-corrected chi connectivity index (χ2v) is 7.46. The fraction of sp³-hybridized carbons (Fsp3) is 0.100. The molecule has 0 bridgehead atoms. The summed E-state index contributed by atoms with van der Waals surface area (Å²) in [5, 5.41) is 12.3.